The van der Waals surface area contributed by atoms with Crippen LogP contribution in [0.1, 0.15) is 24.6 Å². The fourth-order valence-corrected chi connectivity index (χ4v) is 3.94. The third-order valence-corrected chi connectivity index (χ3v) is 5.82. The van der Waals surface area contributed by atoms with E-state index >= 15 is 0 Å². The minimum atomic E-state index is 0.233. The molecule has 0 bridgehead atoms. The molecule has 7 nitrogen and oxygen atoms in total. The number of aromatic nitrogens is 1. The molecular weight excluding hydrogens is 414 g/mol. The molecule has 1 amide bonds. The van der Waals surface area contributed by atoms with Gasteiger partial charge in [0.25, 0.3) is 0 Å². The lowest BCUT2D eigenvalue weighted by atomic mass is 10.1. The summed E-state index contributed by atoms with van der Waals surface area (Å²) in [6, 6.07) is 17.5. The number of piperazine rings is 1. The van der Waals surface area contributed by atoms with Gasteiger partial charge in [0, 0.05) is 56.4 Å². The van der Waals surface area contributed by atoms with Crippen molar-refractivity contribution in [1.82, 2.24) is 14.8 Å². The first-order valence-electron chi connectivity index (χ1n) is 11.2. The highest BCUT2D eigenvalue weighted by molar-refractivity contribution is 5.82. The van der Waals surface area contributed by atoms with Gasteiger partial charge in [-0.15, -0.1) is 0 Å². The van der Waals surface area contributed by atoms with Gasteiger partial charge >= 0.3 is 0 Å². The van der Waals surface area contributed by atoms with Crippen LogP contribution in [0.4, 0.5) is 0 Å². The van der Waals surface area contributed by atoms with Crippen LogP contribution in [0.2, 0.25) is 0 Å². The maximum absolute atomic E-state index is 11.9. The van der Waals surface area contributed by atoms with E-state index < -0.39 is 0 Å². The Morgan fingerprint density at radius 1 is 1.06 bits per heavy atom. The Balaban J connectivity index is 1.39. The first kappa shape index (κ1) is 22.5. The topological polar surface area (TPSA) is 95.5 Å². The number of carbonyl (C=O) groups excluding carboxylic acids is 1. The van der Waals surface area contributed by atoms with Crippen LogP contribution >= 0.6 is 0 Å². The van der Waals surface area contributed by atoms with Crippen LogP contribution in [0.3, 0.4) is 0 Å². The van der Waals surface area contributed by atoms with Crippen molar-refractivity contribution in [2.24, 2.45) is 5.73 Å². The maximum atomic E-state index is 11.9. The number of hydrogen-bond acceptors (Lipinski definition) is 6. The van der Waals surface area contributed by atoms with E-state index in [1.165, 1.54) is 6.21 Å². The number of nitrogens with zero attached hydrogens (tertiary/aromatic N) is 3. The number of nitrogens with two attached hydrogens (primary N) is 1. The summed E-state index contributed by atoms with van der Waals surface area (Å²) in [7, 11) is 0. The maximum Gasteiger partial charge on any atom is 0.222 e. The van der Waals surface area contributed by atoms with Crippen LogP contribution in [0, 0.1) is 5.41 Å². The molecule has 1 fully saturated rings. The fourth-order valence-electron chi connectivity index (χ4n) is 3.94. The highest BCUT2D eigenvalue weighted by Crippen LogP contribution is 2.26. The number of pyridine rings is 1. The largest absolute Gasteiger partial charge is 0.457 e. The van der Waals surface area contributed by atoms with Crippen molar-refractivity contribution in [1.29, 1.82) is 5.41 Å². The SMILES string of the molecule is CCC(=O)N1CCN(Cc2ccc3cc(Oc4ccc(/C(N)=C/C=N)cc4)ccc3n2)CC1. The van der Waals surface area contributed by atoms with Gasteiger partial charge in [-0.2, -0.15) is 0 Å². The molecule has 7 heteroatoms. The molecule has 0 radical (unpaired) electrons. The van der Waals surface area contributed by atoms with Crippen molar-refractivity contribution in [2.45, 2.75) is 19.9 Å². The normalized spacial score (nSPS) is 14.9. The lowest BCUT2D eigenvalue weighted by molar-refractivity contribution is -0.132. The number of rotatable bonds is 7. The highest BCUT2D eigenvalue weighted by atomic mass is 16.5. The molecule has 3 aromatic rings. The lowest BCUT2D eigenvalue weighted by Crippen LogP contribution is -2.48. The Labute approximate surface area is 194 Å². The highest BCUT2D eigenvalue weighted by Gasteiger charge is 2.20. The summed E-state index contributed by atoms with van der Waals surface area (Å²) in [5.41, 5.74) is 9.25. The van der Waals surface area contributed by atoms with Gasteiger partial charge in [0.15, 0.2) is 0 Å². The molecule has 170 valence electrons. The molecule has 0 saturated carbocycles. The minimum Gasteiger partial charge on any atom is -0.457 e. The van der Waals surface area contributed by atoms with Crippen molar-refractivity contribution in [2.75, 3.05) is 26.2 Å². The average molecular weight is 444 g/mol. The van der Waals surface area contributed by atoms with Crippen LogP contribution in [-0.4, -0.2) is 53.1 Å². The number of allylic oxidation sites excluding steroid dienone is 1. The molecule has 0 aliphatic carbocycles. The molecule has 2 heterocycles. The molecule has 3 N–H and O–H groups in total. The third kappa shape index (κ3) is 5.56. The van der Waals surface area contributed by atoms with Crippen LogP contribution < -0.4 is 10.5 Å². The van der Waals surface area contributed by atoms with Crippen molar-refractivity contribution >= 4 is 28.7 Å². The van der Waals surface area contributed by atoms with Crippen LogP contribution in [0.15, 0.2) is 60.7 Å². The zero-order valence-corrected chi connectivity index (χ0v) is 18.8. The zero-order valence-electron chi connectivity index (χ0n) is 18.8. The summed E-state index contributed by atoms with van der Waals surface area (Å²) < 4.78 is 6.00. The standard InChI is InChI=1S/C26H29N5O2/c1-2-26(32)31-15-13-30(14-16-31)18-21-6-3-20-17-23(9-10-25(20)29-21)33-22-7-4-19(5-8-22)24(28)11-12-27/h3-12,17,27H,2,13-16,18,28H2,1H3/b24-11-,27-12?. The molecule has 4 rings (SSSR count). The molecule has 1 aliphatic heterocycles. The van der Waals surface area contributed by atoms with Gasteiger partial charge in [0.05, 0.1) is 11.2 Å². The second-order valence-electron chi connectivity index (χ2n) is 8.08. The van der Waals surface area contributed by atoms with Crippen molar-refractivity contribution in [3.05, 3.63) is 71.9 Å². The summed E-state index contributed by atoms with van der Waals surface area (Å²) in [5.74, 6) is 1.69. The van der Waals surface area contributed by atoms with Gasteiger partial charge in [-0.25, -0.2) is 0 Å². The predicted molar refractivity (Wildman–Crippen MR) is 131 cm³/mol. The van der Waals surface area contributed by atoms with Gasteiger partial charge in [-0.05, 0) is 60.2 Å². The quantitative estimate of drug-likeness (QED) is 0.538. The molecule has 1 aliphatic rings. The summed E-state index contributed by atoms with van der Waals surface area (Å²) in [5, 5.41) is 8.14. The summed E-state index contributed by atoms with van der Waals surface area (Å²) in [6.07, 6.45) is 3.29. The Hall–Kier alpha value is -3.71. The number of ether oxygens (including phenoxy) is 1. The Morgan fingerprint density at radius 2 is 1.79 bits per heavy atom. The fraction of sp³-hybridized carbons (Fsp3) is 0.269. The predicted octanol–water partition coefficient (Wildman–Crippen LogP) is 4.03. The van der Waals surface area contributed by atoms with E-state index in [0.29, 0.717) is 17.9 Å². The summed E-state index contributed by atoms with van der Waals surface area (Å²) in [4.78, 5) is 21.0. The van der Waals surface area contributed by atoms with E-state index in [-0.39, 0.29) is 5.91 Å². The van der Waals surface area contributed by atoms with Gasteiger partial charge in [0.1, 0.15) is 11.5 Å². The monoisotopic (exact) mass is 443 g/mol. The van der Waals surface area contributed by atoms with E-state index in [0.717, 1.165) is 60.6 Å². The van der Waals surface area contributed by atoms with Crippen LogP contribution in [-0.2, 0) is 11.3 Å². The minimum absolute atomic E-state index is 0.233. The molecule has 0 spiro atoms. The second-order valence-corrected chi connectivity index (χ2v) is 8.08. The van der Waals surface area contributed by atoms with Gasteiger partial charge in [0.2, 0.25) is 5.91 Å². The first-order chi connectivity index (χ1) is 16.1. The number of carbonyl (C=O) groups is 1. The van der Waals surface area contributed by atoms with Crippen molar-refractivity contribution < 1.29 is 9.53 Å². The number of amides is 1. The van der Waals surface area contributed by atoms with Gasteiger partial charge in [-0.3, -0.25) is 14.7 Å². The molecule has 2 aromatic carbocycles. The number of hydrogen-bond donors (Lipinski definition) is 2. The molecule has 1 saturated heterocycles. The Bertz CT molecular complexity index is 1170. The number of benzene rings is 2. The average Bonchev–Trinajstić information content (AvgIpc) is 2.84. The van der Waals surface area contributed by atoms with Crippen LogP contribution in [0.25, 0.3) is 16.6 Å². The van der Waals surface area contributed by atoms with Gasteiger partial charge < -0.3 is 20.8 Å². The van der Waals surface area contributed by atoms with E-state index in [9.17, 15) is 4.79 Å². The number of fused-ring (bicyclic) bond motifs is 1. The Morgan fingerprint density at radius 3 is 2.48 bits per heavy atom. The molecule has 0 atom stereocenters. The summed E-state index contributed by atoms with van der Waals surface area (Å²) >= 11 is 0. The molecule has 1 aromatic heterocycles. The van der Waals surface area contributed by atoms with Crippen molar-refractivity contribution in [3.8, 4) is 11.5 Å². The first-order valence-corrected chi connectivity index (χ1v) is 11.2. The van der Waals surface area contributed by atoms with Gasteiger partial charge in [-0.1, -0.05) is 13.0 Å². The van der Waals surface area contributed by atoms with Crippen LogP contribution in [0.5, 0.6) is 11.5 Å². The van der Waals surface area contributed by atoms with E-state index in [4.69, 9.17) is 20.9 Å². The summed E-state index contributed by atoms with van der Waals surface area (Å²) in [6.45, 7) is 6.01. The van der Waals surface area contributed by atoms with E-state index in [1.807, 2.05) is 54.3 Å². The van der Waals surface area contributed by atoms with Crippen molar-refractivity contribution in [3.63, 3.8) is 0 Å². The molecular formula is C26H29N5O2. The second kappa shape index (κ2) is 10.3. The Kier molecular flexibility index (Phi) is 7.00. The lowest BCUT2D eigenvalue weighted by Gasteiger charge is -2.34. The van der Waals surface area contributed by atoms with E-state index in [1.54, 1.807) is 6.08 Å². The number of nitrogens with one attached hydrogen (secondary N) is 1. The molecule has 33 heavy (non-hydrogen) atoms. The smallest absolute Gasteiger partial charge is 0.222 e. The zero-order chi connectivity index (χ0) is 23.2. The molecule has 0 unspecified atom stereocenters. The van der Waals surface area contributed by atoms with E-state index in [2.05, 4.69) is 17.0 Å². The third-order valence-electron chi connectivity index (χ3n) is 5.82.